The summed E-state index contributed by atoms with van der Waals surface area (Å²) < 4.78 is 5.91. The second kappa shape index (κ2) is 6.86. The minimum absolute atomic E-state index is 0.243. The van der Waals surface area contributed by atoms with Gasteiger partial charge in [-0.05, 0) is 36.0 Å². The van der Waals surface area contributed by atoms with Crippen LogP contribution in [0.2, 0.25) is 0 Å². The molecule has 3 heterocycles. The molecule has 0 aliphatic heterocycles. The summed E-state index contributed by atoms with van der Waals surface area (Å²) in [6.45, 7) is 13.0. The van der Waals surface area contributed by atoms with E-state index in [0.717, 1.165) is 17.1 Å². The average Bonchev–Trinajstić information content (AvgIpc) is 3.28. The molecule has 25 heavy (non-hydrogen) atoms. The lowest BCUT2D eigenvalue weighted by Gasteiger charge is -2.22. The first-order valence-electron chi connectivity index (χ1n) is 9.02. The molecular weight excluding hydrogens is 312 g/mol. The first-order valence-corrected chi connectivity index (χ1v) is 9.02. The molecule has 3 aromatic heterocycles. The van der Waals surface area contributed by atoms with Crippen molar-refractivity contribution in [1.82, 2.24) is 29.3 Å². The van der Waals surface area contributed by atoms with Crippen molar-refractivity contribution in [2.45, 2.75) is 65.6 Å². The maximum absolute atomic E-state index is 4.79. The Balaban J connectivity index is 2.11. The molecule has 0 spiro atoms. The van der Waals surface area contributed by atoms with E-state index in [4.69, 9.17) is 10.2 Å². The third kappa shape index (κ3) is 3.38. The second-order valence-corrected chi connectivity index (χ2v) is 7.45. The van der Waals surface area contributed by atoms with Gasteiger partial charge in [0, 0.05) is 24.3 Å². The maximum atomic E-state index is 4.79. The summed E-state index contributed by atoms with van der Waals surface area (Å²) in [5.41, 5.74) is 3.30. The Morgan fingerprint density at radius 2 is 1.24 bits per heavy atom. The third-order valence-electron chi connectivity index (χ3n) is 4.43. The summed E-state index contributed by atoms with van der Waals surface area (Å²) in [4.78, 5) is 0. The third-order valence-corrected chi connectivity index (χ3v) is 4.43. The minimum Gasteiger partial charge on any atom is -0.227 e. The van der Waals surface area contributed by atoms with Crippen LogP contribution >= 0.6 is 0 Å². The zero-order valence-electron chi connectivity index (χ0n) is 16.0. The molecule has 3 rings (SSSR count). The lowest BCUT2D eigenvalue weighted by Crippen LogP contribution is -2.29. The Morgan fingerprint density at radius 3 is 1.64 bits per heavy atom. The highest BCUT2D eigenvalue weighted by Gasteiger charge is 2.23. The molecule has 0 unspecified atom stereocenters. The number of aromatic nitrogens is 6. The predicted octanol–water partition coefficient (Wildman–Crippen LogP) is 4.20. The molecule has 0 atom stereocenters. The molecule has 0 aliphatic rings. The molecule has 0 bridgehead atoms. The van der Waals surface area contributed by atoms with Gasteiger partial charge in [-0.2, -0.15) is 15.3 Å². The van der Waals surface area contributed by atoms with E-state index in [1.165, 1.54) is 0 Å². The minimum atomic E-state index is -0.243. The molecule has 0 amide bonds. The molecular formula is C19H28N6. The Hall–Kier alpha value is -2.37. The molecule has 6 heteroatoms. The molecule has 3 aromatic rings. The topological polar surface area (TPSA) is 53.5 Å². The summed E-state index contributed by atoms with van der Waals surface area (Å²) in [5, 5.41) is 14.2. The fourth-order valence-electron chi connectivity index (χ4n) is 2.90. The zero-order valence-corrected chi connectivity index (χ0v) is 16.0. The standard InChI is InChI=1S/C19H28N6/c1-13(2)16-8-11-23(21-16)19(24-12-9-17(22-24)14(3)4)25-18(15(5)6)7-10-20-25/h7-15,19H,1-6H3. The summed E-state index contributed by atoms with van der Waals surface area (Å²) in [6.07, 6.45) is 5.64. The molecule has 0 saturated carbocycles. The monoisotopic (exact) mass is 340 g/mol. The van der Waals surface area contributed by atoms with E-state index in [-0.39, 0.29) is 6.29 Å². The molecule has 0 fully saturated rings. The number of hydrogen-bond acceptors (Lipinski definition) is 3. The van der Waals surface area contributed by atoms with Crippen LogP contribution in [0, 0.1) is 0 Å². The number of rotatable bonds is 6. The van der Waals surface area contributed by atoms with Crippen molar-refractivity contribution in [1.29, 1.82) is 0 Å². The van der Waals surface area contributed by atoms with Crippen LogP contribution < -0.4 is 0 Å². The molecule has 0 aliphatic carbocycles. The van der Waals surface area contributed by atoms with Crippen LogP contribution in [0.15, 0.2) is 36.8 Å². The van der Waals surface area contributed by atoms with Crippen LogP contribution in [0.4, 0.5) is 0 Å². The fraction of sp³-hybridized carbons (Fsp3) is 0.526. The van der Waals surface area contributed by atoms with Crippen LogP contribution in [-0.4, -0.2) is 29.3 Å². The Bertz CT molecular complexity index is 774. The van der Waals surface area contributed by atoms with Gasteiger partial charge < -0.3 is 0 Å². The van der Waals surface area contributed by atoms with Crippen molar-refractivity contribution in [2.75, 3.05) is 0 Å². The number of nitrogens with zero attached hydrogens (tertiary/aromatic N) is 6. The predicted molar refractivity (Wildman–Crippen MR) is 98.8 cm³/mol. The van der Waals surface area contributed by atoms with E-state index in [9.17, 15) is 0 Å². The largest absolute Gasteiger partial charge is 0.238 e. The van der Waals surface area contributed by atoms with Crippen LogP contribution in [0.5, 0.6) is 0 Å². The number of hydrogen-bond donors (Lipinski definition) is 0. The van der Waals surface area contributed by atoms with Crippen molar-refractivity contribution < 1.29 is 0 Å². The van der Waals surface area contributed by atoms with E-state index < -0.39 is 0 Å². The van der Waals surface area contributed by atoms with Crippen LogP contribution in [0.1, 0.15) is 82.7 Å². The van der Waals surface area contributed by atoms with E-state index in [1.807, 2.05) is 32.6 Å². The smallest absolute Gasteiger partial charge is 0.227 e. The van der Waals surface area contributed by atoms with Crippen LogP contribution in [0.3, 0.4) is 0 Å². The van der Waals surface area contributed by atoms with Crippen molar-refractivity contribution in [3.63, 3.8) is 0 Å². The molecule has 0 aromatic carbocycles. The van der Waals surface area contributed by atoms with Crippen molar-refractivity contribution in [3.05, 3.63) is 53.9 Å². The van der Waals surface area contributed by atoms with Gasteiger partial charge >= 0.3 is 0 Å². The van der Waals surface area contributed by atoms with Gasteiger partial charge in [-0.25, -0.2) is 14.0 Å². The van der Waals surface area contributed by atoms with Gasteiger partial charge in [0.25, 0.3) is 0 Å². The highest BCUT2D eigenvalue weighted by molar-refractivity contribution is 5.10. The lowest BCUT2D eigenvalue weighted by molar-refractivity contribution is 0.272. The first-order chi connectivity index (χ1) is 11.9. The van der Waals surface area contributed by atoms with Gasteiger partial charge in [-0.1, -0.05) is 41.5 Å². The molecule has 0 radical (unpaired) electrons. The van der Waals surface area contributed by atoms with Gasteiger partial charge in [0.05, 0.1) is 11.4 Å². The average molecular weight is 340 g/mol. The normalized spacial score (nSPS) is 12.2. The SMILES string of the molecule is CC(C)c1ccn(C(n2ccc(C(C)C)n2)n2nccc2C(C)C)n1. The van der Waals surface area contributed by atoms with Gasteiger partial charge in [0.15, 0.2) is 0 Å². The highest BCUT2D eigenvalue weighted by atomic mass is 15.6. The van der Waals surface area contributed by atoms with Crippen LogP contribution in [0.25, 0.3) is 0 Å². The Labute approximate surface area is 149 Å². The van der Waals surface area contributed by atoms with E-state index in [1.54, 1.807) is 0 Å². The van der Waals surface area contributed by atoms with Gasteiger partial charge in [-0.3, -0.25) is 0 Å². The highest BCUT2D eigenvalue weighted by Crippen LogP contribution is 2.23. The lowest BCUT2D eigenvalue weighted by atomic mass is 10.1. The molecule has 0 N–H and O–H groups in total. The van der Waals surface area contributed by atoms with Gasteiger partial charge in [-0.15, -0.1) is 0 Å². The second-order valence-electron chi connectivity index (χ2n) is 7.45. The Morgan fingerprint density at radius 1 is 0.720 bits per heavy atom. The van der Waals surface area contributed by atoms with Crippen molar-refractivity contribution in [2.24, 2.45) is 0 Å². The summed E-state index contributed by atoms with van der Waals surface area (Å²) >= 11 is 0. The van der Waals surface area contributed by atoms with E-state index >= 15 is 0 Å². The zero-order chi connectivity index (χ0) is 18.1. The van der Waals surface area contributed by atoms with E-state index in [0.29, 0.717) is 17.8 Å². The van der Waals surface area contributed by atoms with Gasteiger partial charge in [0.2, 0.25) is 6.29 Å². The summed E-state index contributed by atoms with van der Waals surface area (Å²) in [5.74, 6) is 1.13. The maximum Gasteiger partial charge on any atom is 0.238 e. The molecule has 0 saturated heterocycles. The summed E-state index contributed by atoms with van der Waals surface area (Å²) in [7, 11) is 0. The van der Waals surface area contributed by atoms with Crippen molar-refractivity contribution >= 4 is 0 Å². The van der Waals surface area contributed by atoms with Crippen molar-refractivity contribution in [3.8, 4) is 0 Å². The Kier molecular flexibility index (Phi) is 4.79. The first kappa shape index (κ1) is 17.5. The fourth-order valence-corrected chi connectivity index (χ4v) is 2.90. The van der Waals surface area contributed by atoms with Gasteiger partial charge in [0.1, 0.15) is 0 Å². The molecule has 134 valence electrons. The quantitative estimate of drug-likeness (QED) is 0.676. The van der Waals surface area contributed by atoms with E-state index in [2.05, 4.69) is 64.8 Å². The van der Waals surface area contributed by atoms with Crippen LogP contribution in [-0.2, 0) is 0 Å². The summed E-state index contributed by atoms with van der Waals surface area (Å²) in [6, 6.07) is 6.21. The molecule has 6 nitrogen and oxygen atoms in total.